The maximum Gasteiger partial charge on any atom is 0.0810 e. The molecule has 1 fully saturated rings. The minimum Gasteiger partial charge on any atom is -0.382 e. The number of anilines is 1. The number of benzene rings is 3. The smallest absolute Gasteiger partial charge is 0.0810 e. The van der Waals surface area contributed by atoms with Gasteiger partial charge in [-0.25, -0.2) is 0 Å². The van der Waals surface area contributed by atoms with Crippen LogP contribution in [0.2, 0.25) is 0 Å². The van der Waals surface area contributed by atoms with E-state index >= 15 is 0 Å². The Kier molecular flexibility index (Phi) is 5.61. The number of hydrogen-bond donors (Lipinski definition) is 1. The first-order chi connectivity index (χ1) is 14.7. The van der Waals surface area contributed by atoms with Crippen molar-refractivity contribution in [1.29, 1.82) is 0 Å². The molecular formula is C26H26IN3. The third kappa shape index (κ3) is 4.03. The molecule has 0 radical (unpaired) electrons. The molecule has 30 heavy (non-hydrogen) atoms. The van der Waals surface area contributed by atoms with E-state index in [-0.39, 0.29) is 5.54 Å². The highest BCUT2D eigenvalue weighted by atomic mass is 127. The molecular weight excluding hydrogens is 481 g/mol. The summed E-state index contributed by atoms with van der Waals surface area (Å²) in [6, 6.07) is 28.5. The first-order valence-corrected chi connectivity index (χ1v) is 11.7. The van der Waals surface area contributed by atoms with Crippen molar-refractivity contribution in [2.45, 2.75) is 31.0 Å². The molecule has 0 amide bonds. The Bertz CT molecular complexity index is 1050. The van der Waals surface area contributed by atoms with Crippen LogP contribution >= 0.6 is 22.6 Å². The summed E-state index contributed by atoms with van der Waals surface area (Å²) in [6.45, 7) is 2.91. The van der Waals surface area contributed by atoms with Crippen LogP contribution < -0.4 is 5.32 Å². The van der Waals surface area contributed by atoms with E-state index in [1.54, 1.807) is 0 Å². The summed E-state index contributed by atoms with van der Waals surface area (Å²) in [7, 11) is 0. The molecule has 3 aromatic carbocycles. The predicted molar refractivity (Wildman–Crippen MR) is 133 cm³/mol. The third-order valence-corrected chi connectivity index (χ3v) is 7.40. The largest absolute Gasteiger partial charge is 0.382 e. The predicted octanol–water partition coefficient (Wildman–Crippen LogP) is 5.91. The van der Waals surface area contributed by atoms with Gasteiger partial charge in [0.15, 0.2) is 0 Å². The summed E-state index contributed by atoms with van der Waals surface area (Å²) in [5.41, 5.74) is 5.10. The van der Waals surface area contributed by atoms with Gasteiger partial charge >= 0.3 is 0 Å². The summed E-state index contributed by atoms with van der Waals surface area (Å²) in [4.78, 5) is 7.83. The van der Waals surface area contributed by atoms with Gasteiger partial charge in [-0.15, -0.1) is 0 Å². The van der Waals surface area contributed by atoms with Crippen LogP contribution in [0.5, 0.6) is 0 Å². The van der Waals surface area contributed by atoms with E-state index in [0.29, 0.717) is 6.04 Å². The number of halogens is 1. The summed E-state index contributed by atoms with van der Waals surface area (Å²) in [5.74, 6) is 0. The highest BCUT2D eigenvalue weighted by molar-refractivity contribution is 14.1. The summed E-state index contributed by atoms with van der Waals surface area (Å²) in [5, 5.41) is 3.69. The average Bonchev–Trinajstić information content (AvgIpc) is 2.96. The van der Waals surface area contributed by atoms with Gasteiger partial charge in [0.2, 0.25) is 0 Å². The Morgan fingerprint density at radius 3 is 2.60 bits per heavy atom. The maximum atomic E-state index is 5.19. The lowest BCUT2D eigenvalue weighted by atomic mass is 9.80. The third-order valence-electron chi connectivity index (χ3n) is 6.42. The molecule has 2 aliphatic heterocycles. The number of nitrogens with zero attached hydrogens (tertiary/aromatic N) is 2. The van der Waals surface area contributed by atoms with Crippen LogP contribution in [0.1, 0.15) is 35.6 Å². The van der Waals surface area contributed by atoms with Gasteiger partial charge in [0.1, 0.15) is 0 Å². The molecule has 152 valence electrons. The molecule has 5 rings (SSSR count). The number of piperidine rings is 1. The van der Waals surface area contributed by atoms with E-state index in [4.69, 9.17) is 4.99 Å². The molecule has 4 heteroatoms. The lowest BCUT2D eigenvalue weighted by Gasteiger charge is -2.45. The van der Waals surface area contributed by atoms with E-state index in [2.05, 4.69) is 118 Å². The zero-order valence-electron chi connectivity index (χ0n) is 17.0. The van der Waals surface area contributed by atoms with E-state index in [0.717, 1.165) is 32.5 Å². The van der Waals surface area contributed by atoms with Crippen molar-refractivity contribution in [3.8, 4) is 0 Å². The van der Waals surface area contributed by atoms with Crippen molar-refractivity contribution in [2.75, 3.05) is 18.4 Å². The fourth-order valence-electron chi connectivity index (χ4n) is 4.72. The van der Waals surface area contributed by atoms with E-state index in [1.807, 2.05) is 0 Å². The number of para-hydroxylation sites is 1. The van der Waals surface area contributed by atoms with Crippen LogP contribution in [-0.4, -0.2) is 29.7 Å². The van der Waals surface area contributed by atoms with Crippen molar-refractivity contribution < 1.29 is 0 Å². The first kappa shape index (κ1) is 19.8. The van der Waals surface area contributed by atoms with E-state index in [9.17, 15) is 0 Å². The van der Waals surface area contributed by atoms with Crippen molar-refractivity contribution in [3.63, 3.8) is 0 Å². The molecule has 0 saturated carbocycles. The number of fused-ring (bicyclic) bond motifs is 1. The Morgan fingerprint density at radius 1 is 0.967 bits per heavy atom. The fraction of sp³-hybridized carbons (Fsp3) is 0.269. The monoisotopic (exact) mass is 507 g/mol. The van der Waals surface area contributed by atoms with Gasteiger partial charge in [-0.1, -0.05) is 66.7 Å². The molecule has 0 bridgehead atoms. The molecule has 1 spiro atoms. The number of rotatable bonds is 3. The summed E-state index contributed by atoms with van der Waals surface area (Å²) >= 11 is 2.49. The minimum absolute atomic E-state index is 0.0736. The highest BCUT2D eigenvalue weighted by Crippen LogP contribution is 2.42. The zero-order valence-corrected chi connectivity index (χ0v) is 19.1. The van der Waals surface area contributed by atoms with Gasteiger partial charge in [-0.2, -0.15) is 0 Å². The number of likely N-dealkylation sites (tertiary alicyclic amines) is 1. The fourth-order valence-corrected chi connectivity index (χ4v) is 5.46. The topological polar surface area (TPSA) is 27.6 Å². The Balaban J connectivity index is 1.47. The SMILES string of the molecule is Ic1ccccc1C1CC2(CCN1Cc1ccccc1)CNc1ccccc1C=N2. The zero-order chi connectivity index (χ0) is 20.4. The minimum atomic E-state index is -0.0736. The lowest BCUT2D eigenvalue weighted by Crippen LogP contribution is -2.48. The molecule has 2 atom stereocenters. The molecule has 1 saturated heterocycles. The molecule has 1 N–H and O–H groups in total. The molecule has 0 aromatic heterocycles. The normalized spacial score (nSPS) is 23.6. The second-order valence-corrected chi connectivity index (χ2v) is 9.53. The van der Waals surface area contributed by atoms with Crippen LogP contribution in [0.4, 0.5) is 5.69 Å². The number of hydrogen-bond acceptors (Lipinski definition) is 3. The molecule has 3 nitrogen and oxygen atoms in total. The molecule has 0 aliphatic carbocycles. The average molecular weight is 507 g/mol. The van der Waals surface area contributed by atoms with E-state index in [1.165, 1.54) is 25.9 Å². The Labute approximate surface area is 192 Å². The van der Waals surface area contributed by atoms with Gasteiger partial charge in [-0.05, 0) is 58.7 Å². The van der Waals surface area contributed by atoms with Crippen molar-refractivity contribution in [1.82, 2.24) is 4.90 Å². The lowest BCUT2D eigenvalue weighted by molar-refractivity contribution is 0.0935. The number of aliphatic imine (C=N–C) groups is 1. The van der Waals surface area contributed by atoms with Gasteiger partial charge in [0, 0.05) is 46.7 Å². The van der Waals surface area contributed by atoms with Crippen LogP contribution in [-0.2, 0) is 6.54 Å². The quantitative estimate of drug-likeness (QED) is 0.447. The summed E-state index contributed by atoms with van der Waals surface area (Å²) < 4.78 is 1.34. The summed E-state index contributed by atoms with van der Waals surface area (Å²) in [6.07, 6.45) is 4.18. The van der Waals surface area contributed by atoms with E-state index < -0.39 is 0 Å². The van der Waals surface area contributed by atoms with Crippen LogP contribution in [0.3, 0.4) is 0 Å². The maximum absolute atomic E-state index is 5.19. The van der Waals surface area contributed by atoms with Crippen LogP contribution in [0.15, 0.2) is 83.9 Å². The van der Waals surface area contributed by atoms with Crippen molar-refractivity contribution in [2.24, 2.45) is 4.99 Å². The molecule has 2 heterocycles. The number of nitrogens with one attached hydrogen (secondary N) is 1. The first-order valence-electron chi connectivity index (χ1n) is 10.6. The van der Waals surface area contributed by atoms with Crippen LogP contribution in [0, 0.1) is 3.57 Å². The molecule has 3 aromatic rings. The molecule has 2 aliphatic rings. The second kappa shape index (κ2) is 8.52. The standard InChI is InChI=1S/C26H26IN3/c27-23-12-6-5-11-22(23)25-16-26(14-15-30(25)18-20-8-2-1-3-9-20)19-28-24-13-7-4-10-21(24)17-29-26/h1-13,17,25,28H,14-16,18-19H2. The van der Waals surface area contributed by atoms with Gasteiger partial charge in [-0.3, -0.25) is 9.89 Å². The Morgan fingerprint density at radius 2 is 1.73 bits per heavy atom. The molecule has 2 unspecified atom stereocenters. The second-order valence-electron chi connectivity index (χ2n) is 8.37. The highest BCUT2D eigenvalue weighted by Gasteiger charge is 2.41. The van der Waals surface area contributed by atoms with Crippen LogP contribution in [0.25, 0.3) is 0 Å². The van der Waals surface area contributed by atoms with Gasteiger partial charge in [0.05, 0.1) is 5.54 Å². The van der Waals surface area contributed by atoms with Gasteiger partial charge in [0.25, 0.3) is 0 Å². The van der Waals surface area contributed by atoms with Crippen molar-refractivity contribution >= 4 is 34.5 Å². The van der Waals surface area contributed by atoms with Gasteiger partial charge < -0.3 is 5.32 Å². The Hall–Kier alpha value is -2.18. The van der Waals surface area contributed by atoms with Crippen molar-refractivity contribution in [3.05, 3.63) is 99.1 Å².